The Bertz CT molecular complexity index is 629. The van der Waals surface area contributed by atoms with Crippen LogP contribution in [0.4, 0.5) is 0 Å². The molecule has 1 aliphatic heterocycles. The number of ether oxygens (including phenoxy) is 1. The van der Waals surface area contributed by atoms with Gasteiger partial charge in [-0.25, -0.2) is 8.42 Å². The quantitative estimate of drug-likeness (QED) is 0.813. The topological polar surface area (TPSA) is 73.6 Å². The highest BCUT2D eigenvalue weighted by Crippen LogP contribution is 2.20. The number of hydrogen-bond acceptors (Lipinski definition) is 5. The third-order valence-electron chi connectivity index (χ3n) is 3.78. The Morgan fingerprint density at radius 3 is 2.32 bits per heavy atom. The third kappa shape index (κ3) is 3.77. The molecule has 7 heteroatoms. The van der Waals surface area contributed by atoms with Crippen molar-refractivity contribution in [1.82, 2.24) is 9.21 Å². The molecule has 1 fully saturated rings. The molecule has 0 bridgehead atoms. The van der Waals surface area contributed by atoms with Crippen molar-refractivity contribution in [2.45, 2.75) is 11.8 Å². The van der Waals surface area contributed by atoms with E-state index in [1.807, 2.05) is 6.92 Å². The molecule has 1 heterocycles. The molecule has 0 spiro atoms. The number of hydrogen-bond donors (Lipinski definition) is 0. The normalized spacial score (nSPS) is 18.6. The Labute approximate surface area is 131 Å². The third-order valence-corrected chi connectivity index (χ3v) is 5.69. The minimum absolute atomic E-state index is 0.0373. The van der Waals surface area contributed by atoms with Gasteiger partial charge in [-0.1, -0.05) is 0 Å². The Morgan fingerprint density at radius 1 is 1.23 bits per heavy atom. The highest BCUT2D eigenvalue weighted by Gasteiger charge is 2.28. The average molecular weight is 323 g/mol. The lowest BCUT2D eigenvalue weighted by Gasteiger charge is -2.34. The molecule has 120 valence electrons. The highest BCUT2D eigenvalue weighted by atomic mass is 32.2. The van der Waals surface area contributed by atoms with Crippen molar-refractivity contribution in [1.29, 1.82) is 5.26 Å². The van der Waals surface area contributed by atoms with Crippen LogP contribution in [0, 0.1) is 17.2 Å². The number of methoxy groups -OCH3 is 1. The van der Waals surface area contributed by atoms with Gasteiger partial charge in [0.15, 0.2) is 0 Å². The monoisotopic (exact) mass is 323 g/mol. The molecule has 0 aliphatic carbocycles. The summed E-state index contributed by atoms with van der Waals surface area (Å²) in [5, 5.41) is 8.84. The molecule has 1 aromatic rings. The fourth-order valence-corrected chi connectivity index (χ4v) is 3.90. The van der Waals surface area contributed by atoms with Crippen LogP contribution in [0.15, 0.2) is 29.2 Å². The Kier molecular flexibility index (Phi) is 5.40. The molecule has 0 amide bonds. The van der Waals surface area contributed by atoms with Crippen LogP contribution >= 0.6 is 0 Å². The van der Waals surface area contributed by atoms with E-state index < -0.39 is 10.0 Å². The highest BCUT2D eigenvalue weighted by molar-refractivity contribution is 7.89. The van der Waals surface area contributed by atoms with Crippen LogP contribution in [0.5, 0.6) is 5.75 Å². The standard InChI is InChI=1S/C15H21N3O3S/c1-13(11-16)12-17-7-9-18(10-8-17)22(19,20)15-5-3-14(21-2)4-6-15/h3-6,13H,7-10,12H2,1-2H3/t13-/m0/s1. The van der Waals surface area contributed by atoms with Gasteiger partial charge in [-0.3, -0.25) is 4.90 Å². The molecule has 22 heavy (non-hydrogen) atoms. The van der Waals surface area contributed by atoms with E-state index in [0.29, 0.717) is 38.5 Å². The molecule has 1 aliphatic rings. The summed E-state index contributed by atoms with van der Waals surface area (Å²) in [5.74, 6) is 0.596. The smallest absolute Gasteiger partial charge is 0.243 e. The Balaban J connectivity index is 2.01. The number of piperazine rings is 1. The molecule has 0 aromatic heterocycles. The van der Waals surface area contributed by atoms with Crippen LogP contribution in [-0.2, 0) is 10.0 Å². The summed E-state index contributed by atoms with van der Waals surface area (Å²) in [6, 6.07) is 8.64. The Hall–Kier alpha value is -1.62. The van der Waals surface area contributed by atoms with Crippen molar-refractivity contribution >= 4 is 10.0 Å². The summed E-state index contributed by atoms with van der Waals surface area (Å²) in [7, 11) is -1.91. The predicted octanol–water partition coefficient (Wildman–Crippen LogP) is 1.16. The number of nitrogens with zero attached hydrogens (tertiary/aromatic N) is 3. The molecule has 1 atom stereocenters. The van der Waals surface area contributed by atoms with E-state index in [9.17, 15) is 8.42 Å². The van der Waals surface area contributed by atoms with Gasteiger partial charge in [0.1, 0.15) is 5.75 Å². The first-order valence-corrected chi connectivity index (χ1v) is 8.67. The molecule has 0 radical (unpaired) electrons. The molecule has 1 saturated heterocycles. The maximum absolute atomic E-state index is 12.6. The number of nitriles is 1. The number of rotatable bonds is 5. The van der Waals surface area contributed by atoms with E-state index in [-0.39, 0.29) is 10.8 Å². The SMILES string of the molecule is COc1ccc(S(=O)(=O)N2CCN(C[C@@H](C)C#N)CC2)cc1. The van der Waals surface area contributed by atoms with E-state index in [1.54, 1.807) is 31.4 Å². The van der Waals surface area contributed by atoms with Gasteiger partial charge >= 0.3 is 0 Å². The molecule has 0 unspecified atom stereocenters. The van der Waals surface area contributed by atoms with E-state index in [0.717, 1.165) is 0 Å². The van der Waals surface area contributed by atoms with Crippen molar-refractivity contribution in [2.75, 3.05) is 39.8 Å². The van der Waals surface area contributed by atoms with E-state index >= 15 is 0 Å². The predicted molar refractivity (Wildman–Crippen MR) is 83.0 cm³/mol. The van der Waals surface area contributed by atoms with Crippen molar-refractivity contribution < 1.29 is 13.2 Å². The summed E-state index contributed by atoms with van der Waals surface area (Å²) in [6.45, 7) is 4.77. The van der Waals surface area contributed by atoms with Crippen LogP contribution in [-0.4, -0.2) is 57.5 Å². The van der Waals surface area contributed by atoms with Gasteiger partial charge in [-0.05, 0) is 31.2 Å². The lowest BCUT2D eigenvalue weighted by molar-refractivity contribution is 0.178. The molecule has 1 aromatic carbocycles. The van der Waals surface area contributed by atoms with Crippen molar-refractivity contribution in [3.63, 3.8) is 0 Å². The zero-order chi connectivity index (χ0) is 16.2. The second-order valence-electron chi connectivity index (χ2n) is 5.41. The van der Waals surface area contributed by atoms with Crippen molar-refractivity contribution in [3.05, 3.63) is 24.3 Å². The molecule has 0 saturated carbocycles. The molecular formula is C15H21N3O3S. The maximum Gasteiger partial charge on any atom is 0.243 e. The lowest BCUT2D eigenvalue weighted by Crippen LogP contribution is -2.49. The van der Waals surface area contributed by atoms with Crippen molar-refractivity contribution in [3.8, 4) is 11.8 Å². The van der Waals surface area contributed by atoms with Crippen LogP contribution in [0.2, 0.25) is 0 Å². The van der Waals surface area contributed by atoms with Crippen LogP contribution in [0.3, 0.4) is 0 Å². The van der Waals surface area contributed by atoms with Gasteiger partial charge in [0, 0.05) is 32.7 Å². The first kappa shape index (κ1) is 16.7. The largest absolute Gasteiger partial charge is 0.497 e. The average Bonchev–Trinajstić information content (AvgIpc) is 2.55. The first-order chi connectivity index (χ1) is 10.5. The molecule has 6 nitrogen and oxygen atoms in total. The van der Waals surface area contributed by atoms with Gasteiger partial charge in [-0.15, -0.1) is 0 Å². The fourth-order valence-electron chi connectivity index (χ4n) is 2.48. The summed E-state index contributed by atoms with van der Waals surface area (Å²) in [5.41, 5.74) is 0. The summed E-state index contributed by atoms with van der Waals surface area (Å²) < 4.78 is 31.7. The van der Waals surface area contributed by atoms with Gasteiger partial charge in [0.25, 0.3) is 0 Å². The van der Waals surface area contributed by atoms with Gasteiger partial charge in [0.2, 0.25) is 10.0 Å². The van der Waals surface area contributed by atoms with Gasteiger partial charge < -0.3 is 4.74 Å². The number of sulfonamides is 1. The number of benzene rings is 1. The minimum Gasteiger partial charge on any atom is -0.497 e. The van der Waals surface area contributed by atoms with E-state index in [4.69, 9.17) is 10.00 Å². The van der Waals surface area contributed by atoms with Crippen LogP contribution < -0.4 is 4.74 Å². The second kappa shape index (κ2) is 7.09. The van der Waals surface area contributed by atoms with E-state index in [2.05, 4.69) is 11.0 Å². The Morgan fingerprint density at radius 2 is 1.82 bits per heavy atom. The maximum atomic E-state index is 12.6. The second-order valence-corrected chi connectivity index (χ2v) is 7.35. The van der Waals surface area contributed by atoms with Crippen LogP contribution in [0.25, 0.3) is 0 Å². The lowest BCUT2D eigenvalue weighted by atomic mass is 10.2. The summed E-state index contributed by atoms with van der Waals surface area (Å²) >= 11 is 0. The first-order valence-electron chi connectivity index (χ1n) is 7.23. The summed E-state index contributed by atoms with van der Waals surface area (Å²) in [6.07, 6.45) is 0. The molecule has 0 N–H and O–H groups in total. The fraction of sp³-hybridized carbons (Fsp3) is 0.533. The van der Waals surface area contributed by atoms with Crippen molar-refractivity contribution in [2.24, 2.45) is 5.92 Å². The van der Waals surface area contributed by atoms with Crippen LogP contribution in [0.1, 0.15) is 6.92 Å². The molecular weight excluding hydrogens is 302 g/mol. The van der Waals surface area contributed by atoms with E-state index in [1.165, 1.54) is 4.31 Å². The zero-order valence-electron chi connectivity index (χ0n) is 12.9. The zero-order valence-corrected chi connectivity index (χ0v) is 13.7. The summed E-state index contributed by atoms with van der Waals surface area (Å²) in [4.78, 5) is 2.42. The van der Waals surface area contributed by atoms with Gasteiger partial charge in [0.05, 0.1) is 24.0 Å². The van der Waals surface area contributed by atoms with Gasteiger partial charge in [-0.2, -0.15) is 9.57 Å². The minimum atomic E-state index is -3.46. The molecule has 2 rings (SSSR count).